The van der Waals surface area contributed by atoms with Crippen molar-refractivity contribution in [2.24, 2.45) is 11.8 Å². The van der Waals surface area contributed by atoms with Gasteiger partial charge in [-0.3, -0.25) is 4.79 Å². The van der Waals surface area contributed by atoms with Crippen molar-refractivity contribution in [1.82, 2.24) is 4.90 Å². The fraction of sp³-hybridized carbons (Fsp3) is 0.533. The predicted molar refractivity (Wildman–Crippen MR) is 73.7 cm³/mol. The molecule has 0 atom stereocenters. The Hall–Kier alpha value is -1.51. The Morgan fingerprint density at radius 3 is 2.17 bits per heavy atom. The molecule has 0 radical (unpaired) electrons. The van der Waals surface area contributed by atoms with Crippen LogP contribution in [0.1, 0.15) is 38.1 Å². The summed E-state index contributed by atoms with van der Waals surface area (Å²) in [6, 6.07) is 6.54. The van der Waals surface area contributed by atoms with E-state index in [1.54, 1.807) is 18.2 Å². The van der Waals surface area contributed by atoms with Crippen molar-refractivity contribution in [2.45, 2.75) is 27.7 Å². The third-order valence-corrected chi connectivity index (χ3v) is 2.55. The lowest BCUT2D eigenvalue weighted by Crippen LogP contribution is -2.36. The average molecular weight is 249 g/mol. The number of phenols is 1. The monoisotopic (exact) mass is 249 g/mol. The van der Waals surface area contributed by atoms with Crippen LogP contribution in [0.25, 0.3) is 0 Å². The van der Waals surface area contributed by atoms with E-state index in [1.165, 1.54) is 6.07 Å². The Morgan fingerprint density at radius 2 is 1.72 bits per heavy atom. The lowest BCUT2D eigenvalue weighted by atomic mass is 10.1. The van der Waals surface area contributed by atoms with Crippen LogP contribution in [-0.2, 0) is 0 Å². The molecule has 0 heterocycles. The number of amides is 1. The molecule has 1 rings (SSSR count). The zero-order valence-electron chi connectivity index (χ0n) is 11.7. The second-order valence-electron chi connectivity index (χ2n) is 5.55. The summed E-state index contributed by atoms with van der Waals surface area (Å²) in [6.07, 6.45) is 0. The number of benzene rings is 1. The standard InChI is InChI=1S/C15H23NO2/c1-11(2)9-16(10-12(3)4)15(18)13-6-5-7-14(17)8-13/h5-8,11-12,17H,9-10H2,1-4H3. The largest absolute Gasteiger partial charge is 0.508 e. The van der Waals surface area contributed by atoms with E-state index in [4.69, 9.17) is 0 Å². The van der Waals surface area contributed by atoms with Gasteiger partial charge < -0.3 is 10.0 Å². The van der Waals surface area contributed by atoms with Crippen molar-refractivity contribution in [2.75, 3.05) is 13.1 Å². The minimum absolute atomic E-state index is 0.00620. The highest BCUT2D eigenvalue weighted by atomic mass is 16.3. The fourth-order valence-electron chi connectivity index (χ4n) is 1.94. The first kappa shape index (κ1) is 14.6. The third-order valence-electron chi connectivity index (χ3n) is 2.55. The number of aromatic hydroxyl groups is 1. The lowest BCUT2D eigenvalue weighted by molar-refractivity contribution is 0.0714. The molecule has 3 heteroatoms. The number of rotatable bonds is 5. The molecule has 0 saturated heterocycles. The number of hydrogen-bond acceptors (Lipinski definition) is 2. The van der Waals surface area contributed by atoms with Gasteiger partial charge in [0.1, 0.15) is 5.75 Å². The van der Waals surface area contributed by atoms with Crippen molar-refractivity contribution in [3.63, 3.8) is 0 Å². The predicted octanol–water partition coefficient (Wildman–Crippen LogP) is 3.15. The quantitative estimate of drug-likeness (QED) is 0.871. The van der Waals surface area contributed by atoms with Crippen LogP contribution in [0.3, 0.4) is 0 Å². The van der Waals surface area contributed by atoms with Crippen LogP contribution in [0.5, 0.6) is 5.75 Å². The van der Waals surface area contributed by atoms with Gasteiger partial charge in [0, 0.05) is 18.7 Å². The lowest BCUT2D eigenvalue weighted by Gasteiger charge is -2.26. The molecule has 0 unspecified atom stereocenters. The van der Waals surface area contributed by atoms with Crippen LogP contribution in [-0.4, -0.2) is 29.0 Å². The second kappa shape index (κ2) is 6.43. The number of phenolic OH excluding ortho intramolecular Hbond substituents is 1. The van der Waals surface area contributed by atoms with E-state index in [0.29, 0.717) is 17.4 Å². The average Bonchev–Trinajstić information content (AvgIpc) is 2.26. The van der Waals surface area contributed by atoms with Crippen molar-refractivity contribution >= 4 is 5.91 Å². The van der Waals surface area contributed by atoms with E-state index in [2.05, 4.69) is 27.7 Å². The van der Waals surface area contributed by atoms with E-state index in [9.17, 15) is 9.90 Å². The Labute approximate surface area is 109 Å². The van der Waals surface area contributed by atoms with Gasteiger partial charge in [-0.15, -0.1) is 0 Å². The summed E-state index contributed by atoms with van der Waals surface area (Å²) >= 11 is 0. The van der Waals surface area contributed by atoms with Crippen molar-refractivity contribution < 1.29 is 9.90 Å². The molecular formula is C15H23NO2. The van der Waals surface area contributed by atoms with Gasteiger partial charge in [0.25, 0.3) is 5.91 Å². The maximum atomic E-state index is 12.4. The Morgan fingerprint density at radius 1 is 1.17 bits per heavy atom. The van der Waals surface area contributed by atoms with Crippen LogP contribution < -0.4 is 0 Å². The summed E-state index contributed by atoms with van der Waals surface area (Å²) in [4.78, 5) is 14.2. The van der Waals surface area contributed by atoms with E-state index >= 15 is 0 Å². The molecule has 0 aliphatic heterocycles. The minimum Gasteiger partial charge on any atom is -0.508 e. The summed E-state index contributed by atoms with van der Waals surface area (Å²) < 4.78 is 0. The van der Waals surface area contributed by atoms with Gasteiger partial charge in [0.2, 0.25) is 0 Å². The van der Waals surface area contributed by atoms with E-state index in [1.807, 2.05) is 4.90 Å². The van der Waals surface area contributed by atoms with Gasteiger partial charge in [-0.1, -0.05) is 33.8 Å². The summed E-state index contributed by atoms with van der Waals surface area (Å²) in [5.74, 6) is 0.998. The van der Waals surface area contributed by atoms with Gasteiger partial charge in [-0.25, -0.2) is 0 Å². The number of nitrogens with zero attached hydrogens (tertiary/aromatic N) is 1. The molecule has 0 saturated carbocycles. The topological polar surface area (TPSA) is 40.5 Å². The number of carbonyl (C=O) groups is 1. The molecule has 1 aromatic rings. The van der Waals surface area contributed by atoms with E-state index in [0.717, 1.165) is 13.1 Å². The zero-order chi connectivity index (χ0) is 13.7. The molecule has 1 amide bonds. The maximum absolute atomic E-state index is 12.4. The molecule has 3 nitrogen and oxygen atoms in total. The van der Waals surface area contributed by atoms with Gasteiger partial charge in [-0.05, 0) is 30.0 Å². The van der Waals surface area contributed by atoms with Crippen molar-refractivity contribution in [1.29, 1.82) is 0 Å². The maximum Gasteiger partial charge on any atom is 0.254 e. The van der Waals surface area contributed by atoms with Crippen molar-refractivity contribution in [3.05, 3.63) is 29.8 Å². The molecule has 0 aromatic heterocycles. The molecule has 100 valence electrons. The summed E-state index contributed by atoms with van der Waals surface area (Å²) in [7, 11) is 0. The van der Waals surface area contributed by atoms with Gasteiger partial charge >= 0.3 is 0 Å². The molecule has 0 aliphatic rings. The third kappa shape index (κ3) is 4.40. The van der Waals surface area contributed by atoms with Crippen LogP contribution in [0.15, 0.2) is 24.3 Å². The van der Waals surface area contributed by atoms with Crippen LogP contribution >= 0.6 is 0 Å². The zero-order valence-corrected chi connectivity index (χ0v) is 11.7. The van der Waals surface area contributed by atoms with Gasteiger partial charge in [0.05, 0.1) is 0 Å². The smallest absolute Gasteiger partial charge is 0.254 e. The number of carbonyl (C=O) groups excluding carboxylic acids is 1. The summed E-state index contributed by atoms with van der Waals surface area (Å²) in [5, 5.41) is 9.44. The molecular weight excluding hydrogens is 226 g/mol. The highest BCUT2D eigenvalue weighted by molar-refractivity contribution is 5.94. The van der Waals surface area contributed by atoms with Crippen LogP contribution in [0.4, 0.5) is 0 Å². The molecule has 0 fully saturated rings. The molecule has 0 spiro atoms. The first-order valence-electron chi connectivity index (χ1n) is 6.48. The Balaban J connectivity index is 2.87. The van der Waals surface area contributed by atoms with Crippen LogP contribution in [0.2, 0.25) is 0 Å². The summed E-state index contributed by atoms with van der Waals surface area (Å²) in [5.41, 5.74) is 0.552. The molecule has 1 N–H and O–H groups in total. The molecule has 18 heavy (non-hydrogen) atoms. The normalized spacial score (nSPS) is 11.0. The first-order chi connectivity index (χ1) is 8.40. The van der Waals surface area contributed by atoms with E-state index < -0.39 is 0 Å². The fourth-order valence-corrected chi connectivity index (χ4v) is 1.94. The van der Waals surface area contributed by atoms with Gasteiger partial charge in [-0.2, -0.15) is 0 Å². The second-order valence-corrected chi connectivity index (χ2v) is 5.55. The Kier molecular flexibility index (Phi) is 5.20. The summed E-state index contributed by atoms with van der Waals surface area (Å²) in [6.45, 7) is 9.89. The molecule has 0 bridgehead atoms. The Bertz CT molecular complexity index is 389. The first-order valence-corrected chi connectivity index (χ1v) is 6.48. The van der Waals surface area contributed by atoms with Gasteiger partial charge in [0.15, 0.2) is 0 Å². The SMILES string of the molecule is CC(C)CN(CC(C)C)C(=O)c1cccc(O)c1. The molecule has 0 aliphatic carbocycles. The number of hydrogen-bond donors (Lipinski definition) is 1. The van der Waals surface area contributed by atoms with Crippen LogP contribution in [0, 0.1) is 11.8 Å². The van der Waals surface area contributed by atoms with Crippen molar-refractivity contribution in [3.8, 4) is 5.75 Å². The minimum atomic E-state index is -0.00620. The van der Waals surface area contributed by atoms with E-state index in [-0.39, 0.29) is 11.7 Å². The highest BCUT2D eigenvalue weighted by Crippen LogP contribution is 2.15. The molecule has 1 aromatic carbocycles. The highest BCUT2D eigenvalue weighted by Gasteiger charge is 2.18.